The van der Waals surface area contributed by atoms with Crippen molar-refractivity contribution in [3.05, 3.63) is 101 Å². The lowest BCUT2D eigenvalue weighted by Gasteiger charge is -2.32. The molecule has 1 fully saturated rings. The first-order chi connectivity index (χ1) is 15.2. The van der Waals surface area contributed by atoms with E-state index in [1.807, 2.05) is 18.2 Å². The molecule has 1 aliphatic rings. The summed E-state index contributed by atoms with van der Waals surface area (Å²) in [5.41, 5.74) is 11.3. The van der Waals surface area contributed by atoms with Gasteiger partial charge in [-0.15, -0.1) is 0 Å². The summed E-state index contributed by atoms with van der Waals surface area (Å²) in [6.07, 6.45) is 10.9. The lowest BCUT2D eigenvalue weighted by atomic mass is 9.77. The van der Waals surface area contributed by atoms with E-state index in [9.17, 15) is 0 Å². The van der Waals surface area contributed by atoms with Crippen molar-refractivity contribution in [1.29, 1.82) is 0 Å². The Kier molecular flexibility index (Phi) is 7.09. The second-order valence-electron chi connectivity index (χ2n) is 8.92. The Morgan fingerprint density at radius 1 is 0.645 bits per heavy atom. The summed E-state index contributed by atoms with van der Waals surface area (Å²) in [6.45, 7) is 0. The van der Waals surface area contributed by atoms with Crippen LogP contribution in [0.15, 0.2) is 78.9 Å². The molecule has 0 spiro atoms. The summed E-state index contributed by atoms with van der Waals surface area (Å²) < 4.78 is 5.36. The van der Waals surface area contributed by atoms with E-state index in [0.717, 1.165) is 22.4 Å². The van der Waals surface area contributed by atoms with Crippen LogP contribution in [0, 0.1) is 0 Å². The van der Waals surface area contributed by atoms with Crippen LogP contribution in [0.1, 0.15) is 79.5 Å². The molecule has 4 rings (SSSR count). The highest BCUT2D eigenvalue weighted by molar-refractivity contribution is 5.50. The van der Waals surface area contributed by atoms with Gasteiger partial charge in [0.05, 0.1) is 12.6 Å². The highest BCUT2D eigenvalue weighted by Gasteiger charge is 2.32. The van der Waals surface area contributed by atoms with Crippen molar-refractivity contribution in [2.24, 2.45) is 5.73 Å². The van der Waals surface area contributed by atoms with Crippen LogP contribution in [0.2, 0.25) is 0 Å². The van der Waals surface area contributed by atoms with Gasteiger partial charge < -0.3 is 10.5 Å². The Bertz CT molecular complexity index is 923. The van der Waals surface area contributed by atoms with Gasteiger partial charge in [-0.25, -0.2) is 0 Å². The number of hydrogen-bond donors (Lipinski definition) is 1. The average molecular weight is 414 g/mol. The largest absolute Gasteiger partial charge is 0.497 e. The van der Waals surface area contributed by atoms with Crippen molar-refractivity contribution in [3.63, 3.8) is 0 Å². The van der Waals surface area contributed by atoms with Crippen molar-refractivity contribution in [2.75, 3.05) is 7.11 Å². The van der Waals surface area contributed by atoms with Crippen LogP contribution >= 0.6 is 0 Å². The molecule has 31 heavy (non-hydrogen) atoms. The van der Waals surface area contributed by atoms with Crippen LogP contribution < -0.4 is 10.5 Å². The van der Waals surface area contributed by atoms with Gasteiger partial charge >= 0.3 is 0 Å². The minimum Gasteiger partial charge on any atom is -0.497 e. The van der Waals surface area contributed by atoms with Crippen molar-refractivity contribution < 1.29 is 4.74 Å². The predicted molar refractivity (Wildman–Crippen MR) is 130 cm³/mol. The second-order valence-corrected chi connectivity index (χ2v) is 8.92. The van der Waals surface area contributed by atoms with E-state index >= 15 is 0 Å². The molecule has 3 aromatic rings. The van der Waals surface area contributed by atoms with Crippen LogP contribution in [0.3, 0.4) is 0 Å². The first kappa shape index (κ1) is 21.6. The Morgan fingerprint density at radius 2 is 1.13 bits per heavy atom. The maximum Gasteiger partial charge on any atom is 0.118 e. The van der Waals surface area contributed by atoms with Crippen LogP contribution in [-0.4, -0.2) is 7.11 Å². The number of hydrogen-bond acceptors (Lipinski definition) is 2. The topological polar surface area (TPSA) is 35.2 Å². The molecule has 0 heterocycles. The molecule has 0 radical (unpaired) electrons. The average Bonchev–Trinajstić information content (AvgIpc) is 2.98. The Morgan fingerprint density at radius 3 is 1.68 bits per heavy atom. The van der Waals surface area contributed by atoms with Crippen molar-refractivity contribution in [1.82, 2.24) is 0 Å². The Balaban J connectivity index is 1.68. The molecule has 1 saturated carbocycles. The molecule has 0 aliphatic heterocycles. The molecule has 1 atom stereocenters. The van der Waals surface area contributed by atoms with Crippen molar-refractivity contribution in [3.8, 4) is 5.75 Å². The number of methoxy groups -OCH3 is 1. The predicted octanol–water partition coefficient (Wildman–Crippen LogP) is 7.16. The summed E-state index contributed by atoms with van der Waals surface area (Å²) in [7, 11) is 1.69. The van der Waals surface area contributed by atoms with E-state index in [2.05, 4.69) is 60.7 Å². The first-order valence-corrected chi connectivity index (χ1v) is 11.8. The van der Waals surface area contributed by atoms with Gasteiger partial charge in [-0.3, -0.25) is 0 Å². The molecule has 1 unspecified atom stereocenters. The third-order valence-corrected chi connectivity index (χ3v) is 6.97. The molecular weight excluding hydrogens is 378 g/mol. The number of nitrogens with two attached hydrogens (primary N) is 1. The van der Waals surface area contributed by atoms with Gasteiger partial charge in [-0.05, 0) is 53.1 Å². The van der Waals surface area contributed by atoms with E-state index in [0.29, 0.717) is 5.92 Å². The highest BCUT2D eigenvalue weighted by Crippen LogP contribution is 2.37. The zero-order valence-corrected chi connectivity index (χ0v) is 18.7. The van der Waals surface area contributed by atoms with Gasteiger partial charge in [-0.1, -0.05) is 105 Å². The van der Waals surface area contributed by atoms with E-state index in [1.54, 1.807) is 7.11 Å². The lowest BCUT2D eigenvalue weighted by molar-refractivity contribution is 0.414. The van der Waals surface area contributed by atoms with Gasteiger partial charge in [0.2, 0.25) is 0 Å². The third-order valence-electron chi connectivity index (χ3n) is 6.97. The lowest BCUT2D eigenvalue weighted by Crippen LogP contribution is -2.39. The summed E-state index contributed by atoms with van der Waals surface area (Å²) in [5.74, 6) is 1.52. The molecule has 1 aliphatic carbocycles. The molecule has 2 heteroatoms. The Labute approximate surface area is 187 Å². The van der Waals surface area contributed by atoms with Gasteiger partial charge in [0.15, 0.2) is 0 Å². The van der Waals surface area contributed by atoms with Crippen LogP contribution in [0.5, 0.6) is 5.75 Å². The molecule has 2 nitrogen and oxygen atoms in total. The fourth-order valence-electron chi connectivity index (χ4n) is 5.04. The molecule has 0 aromatic heterocycles. The fraction of sp³-hybridized carbons (Fsp3) is 0.379. The number of rotatable bonds is 5. The van der Waals surface area contributed by atoms with Crippen LogP contribution in [0.4, 0.5) is 0 Å². The van der Waals surface area contributed by atoms with Crippen LogP contribution in [-0.2, 0) is 5.54 Å². The number of benzene rings is 3. The normalized spacial score (nSPS) is 17.7. The van der Waals surface area contributed by atoms with Crippen molar-refractivity contribution in [2.45, 2.75) is 62.8 Å². The second kappa shape index (κ2) is 10.2. The van der Waals surface area contributed by atoms with E-state index in [-0.39, 0.29) is 0 Å². The summed E-state index contributed by atoms with van der Waals surface area (Å²) in [4.78, 5) is 0. The van der Waals surface area contributed by atoms with Gasteiger partial charge in [0.1, 0.15) is 5.75 Å². The number of ether oxygens (including phenoxy) is 1. The third kappa shape index (κ3) is 4.85. The highest BCUT2D eigenvalue weighted by atomic mass is 16.5. The smallest absolute Gasteiger partial charge is 0.118 e. The van der Waals surface area contributed by atoms with Crippen LogP contribution in [0.25, 0.3) is 0 Å². The quantitative estimate of drug-likeness (QED) is 0.450. The monoisotopic (exact) mass is 413 g/mol. The van der Waals surface area contributed by atoms with E-state index in [1.165, 1.54) is 56.9 Å². The minimum absolute atomic E-state index is 0.678. The Hall–Kier alpha value is -2.58. The minimum atomic E-state index is -0.704. The van der Waals surface area contributed by atoms with E-state index < -0.39 is 5.54 Å². The van der Waals surface area contributed by atoms with Gasteiger partial charge in [0.25, 0.3) is 0 Å². The fourth-order valence-corrected chi connectivity index (χ4v) is 5.04. The SMILES string of the molecule is COc1ccc(C(N)(c2ccccc2)c2ccc(C3CCCCCCCC3)cc2)cc1. The molecular formula is C29H35NO. The van der Waals surface area contributed by atoms with E-state index in [4.69, 9.17) is 10.5 Å². The summed E-state index contributed by atoms with van der Waals surface area (Å²) >= 11 is 0. The standard InChI is InChI=1S/C29H35NO/c1-31-28-21-19-27(20-22-28)29(30,25-13-9-6-10-14-25)26-17-15-24(16-18-26)23-11-7-4-2-3-5-8-12-23/h6,9-10,13-23H,2-5,7-8,11-12,30H2,1H3. The summed E-state index contributed by atoms with van der Waals surface area (Å²) in [6, 6.07) is 27.7. The maximum absolute atomic E-state index is 7.21. The molecule has 0 saturated heterocycles. The molecule has 162 valence electrons. The zero-order valence-electron chi connectivity index (χ0n) is 18.7. The molecule has 3 aromatic carbocycles. The van der Waals surface area contributed by atoms with Crippen molar-refractivity contribution >= 4 is 0 Å². The first-order valence-electron chi connectivity index (χ1n) is 11.8. The van der Waals surface area contributed by atoms with Gasteiger partial charge in [-0.2, -0.15) is 0 Å². The maximum atomic E-state index is 7.21. The molecule has 0 bridgehead atoms. The molecule has 2 N–H and O–H groups in total. The zero-order chi connectivity index (χ0) is 21.5. The van der Waals surface area contributed by atoms with Gasteiger partial charge in [0, 0.05) is 0 Å². The molecule has 0 amide bonds. The summed E-state index contributed by atoms with van der Waals surface area (Å²) in [5, 5.41) is 0.